The van der Waals surface area contributed by atoms with Gasteiger partial charge < -0.3 is 9.29 Å². The second kappa shape index (κ2) is 5.91. The smallest absolute Gasteiger partial charge is 0.421 e. The molecule has 1 radical (unpaired) electrons. The van der Waals surface area contributed by atoms with Crippen LogP contribution in [0.15, 0.2) is 0 Å². The quantitative estimate of drug-likeness (QED) is 0.524. The maximum atomic E-state index is 10.6. The number of ether oxygens (including phenoxy) is 1. The van der Waals surface area contributed by atoms with Crippen LogP contribution in [0.3, 0.4) is 0 Å². The lowest BCUT2D eigenvalue weighted by molar-refractivity contribution is 0.326. The Morgan fingerprint density at radius 3 is 2.89 bits per heavy atom. The molecule has 0 saturated heterocycles. The van der Waals surface area contributed by atoms with E-state index >= 15 is 0 Å². The Kier molecular flexibility index (Phi) is 5.76. The first-order valence-corrected chi connectivity index (χ1v) is 4.14. The summed E-state index contributed by atoms with van der Waals surface area (Å²) < 4.78 is 14.8. The molecule has 0 saturated carbocycles. The topological polar surface area (TPSA) is 49.4 Å². The molecule has 0 N–H and O–H groups in total. The summed E-state index contributed by atoms with van der Waals surface area (Å²) in [6.45, 7) is 3.13. The van der Waals surface area contributed by atoms with Crippen molar-refractivity contribution in [2.75, 3.05) is 11.7 Å². The van der Waals surface area contributed by atoms with E-state index in [2.05, 4.69) is 4.74 Å². The Hall–Kier alpha value is -0.220. The van der Waals surface area contributed by atoms with Crippen LogP contribution in [0.25, 0.3) is 0 Å². The molecule has 53 valence electrons. The van der Waals surface area contributed by atoms with Gasteiger partial charge in [0.1, 0.15) is 5.75 Å². The van der Waals surface area contributed by atoms with Crippen molar-refractivity contribution in [3.8, 4) is 0 Å². The first-order valence-electron chi connectivity index (χ1n) is 2.65. The Labute approximate surface area is 57.6 Å². The van der Waals surface area contributed by atoms with Crippen molar-refractivity contribution in [2.24, 2.45) is 0 Å². The van der Waals surface area contributed by atoms with E-state index in [1.807, 2.05) is 6.92 Å². The molecular weight excluding hydrogens is 140 g/mol. The predicted octanol–water partition coefficient (Wildman–Crippen LogP) is 0.186. The van der Waals surface area contributed by atoms with E-state index in [1.165, 1.54) is 6.47 Å². The molecular formula is C5H9O3S. The van der Waals surface area contributed by atoms with Crippen LogP contribution in [0, 0.1) is 0 Å². The minimum Gasteiger partial charge on any atom is -0.614 e. The van der Waals surface area contributed by atoms with Crippen LogP contribution in [0.2, 0.25) is 0 Å². The average molecular weight is 149 g/mol. The van der Waals surface area contributed by atoms with Crippen molar-refractivity contribution in [2.45, 2.75) is 13.3 Å². The minimum atomic E-state index is -1.00. The molecule has 0 bridgehead atoms. The molecule has 0 spiro atoms. The number of carbonyl (C=O) groups excluding carboxylic acids is 1. The summed E-state index contributed by atoms with van der Waals surface area (Å²) in [4.78, 5) is 9.43. The van der Waals surface area contributed by atoms with Crippen LogP contribution in [0.4, 0.5) is 0 Å². The molecule has 0 aliphatic rings. The summed E-state index contributed by atoms with van der Waals surface area (Å²) in [6.07, 6.45) is 0.842. The molecule has 0 heterocycles. The fourth-order valence-corrected chi connectivity index (χ4v) is 1.13. The largest absolute Gasteiger partial charge is 0.614 e. The van der Waals surface area contributed by atoms with Gasteiger partial charge in [-0.3, -0.25) is 0 Å². The van der Waals surface area contributed by atoms with Crippen LogP contribution in [-0.4, -0.2) is 22.7 Å². The third-order valence-corrected chi connectivity index (χ3v) is 1.93. The fraction of sp³-hybridized carbons (Fsp3) is 0.800. The van der Waals surface area contributed by atoms with Gasteiger partial charge in [-0.1, -0.05) is 6.92 Å². The third-order valence-electron chi connectivity index (χ3n) is 0.681. The summed E-state index contributed by atoms with van der Waals surface area (Å²) in [5.74, 6) is 0.568. The molecule has 0 rings (SSSR count). The van der Waals surface area contributed by atoms with Gasteiger partial charge in [0, 0.05) is 0 Å². The van der Waals surface area contributed by atoms with E-state index in [1.54, 1.807) is 0 Å². The van der Waals surface area contributed by atoms with E-state index in [-0.39, 0.29) is 5.94 Å². The van der Waals surface area contributed by atoms with Crippen LogP contribution in [0.1, 0.15) is 13.3 Å². The number of rotatable bonds is 5. The van der Waals surface area contributed by atoms with Gasteiger partial charge in [0.05, 0.1) is 0 Å². The summed E-state index contributed by atoms with van der Waals surface area (Å²) in [6, 6.07) is 0. The van der Waals surface area contributed by atoms with Crippen molar-refractivity contribution in [1.82, 2.24) is 0 Å². The van der Waals surface area contributed by atoms with Crippen molar-refractivity contribution < 1.29 is 14.1 Å². The molecule has 1 unspecified atom stereocenters. The monoisotopic (exact) mass is 149 g/mol. The second-order valence-electron chi connectivity index (χ2n) is 1.49. The molecule has 4 heteroatoms. The van der Waals surface area contributed by atoms with Crippen LogP contribution < -0.4 is 0 Å². The Morgan fingerprint density at radius 2 is 2.44 bits per heavy atom. The highest BCUT2D eigenvalue weighted by Crippen LogP contribution is 1.92. The zero-order chi connectivity index (χ0) is 7.11. The Balaban J connectivity index is 3.04. The predicted molar refractivity (Wildman–Crippen MR) is 34.9 cm³/mol. The zero-order valence-corrected chi connectivity index (χ0v) is 6.07. The third kappa shape index (κ3) is 5.65. The van der Waals surface area contributed by atoms with E-state index < -0.39 is 11.2 Å². The standard InChI is InChI=1S/C5H9O3S/c1-2-3-9(7)5-8-4-6/h2-3,5H2,1H3. The lowest BCUT2D eigenvalue weighted by atomic mass is 10.6. The highest BCUT2D eigenvalue weighted by atomic mass is 32.2. The summed E-state index contributed by atoms with van der Waals surface area (Å²) in [5, 5.41) is 0. The van der Waals surface area contributed by atoms with E-state index in [0.29, 0.717) is 5.75 Å². The van der Waals surface area contributed by atoms with Crippen molar-refractivity contribution in [1.29, 1.82) is 0 Å². The first kappa shape index (κ1) is 8.78. The lowest BCUT2D eigenvalue weighted by Crippen LogP contribution is -2.12. The van der Waals surface area contributed by atoms with Gasteiger partial charge >= 0.3 is 6.47 Å². The average Bonchev–Trinajstić information content (AvgIpc) is 1.85. The molecule has 0 fully saturated rings. The highest BCUT2D eigenvalue weighted by Gasteiger charge is 2.02. The van der Waals surface area contributed by atoms with Crippen LogP contribution >= 0.6 is 0 Å². The molecule has 0 amide bonds. The van der Waals surface area contributed by atoms with Crippen molar-refractivity contribution in [3.63, 3.8) is 0 Å². The number of hydrogen-bond donors (Lipinski definition) is 0. The molecule has 0 aromatic heterocycles. The maximum absolute atomic E-state index is 10.6. The molecule has 3 nitrogen and oxygen atoms in total. The normalized spacial score (nSPS) is 12.7. The molecule has 0 aliphatic heterocycles. The van der Waals surface area contributed by atoms with Gasteiger partial charge in [0.25, 0.3) is 0 Å². The number of hydrogen-bond acceptors (Lipinski definition) is 3. The van der Waals surface area contributed by atoms with Crippen molar-refractivity contribution >= 4 is 17.6 Å². The molecule has 9 heavy (non-hydrogen) atoms. The Morgan fingerprint density at radius 1 is 1.78 bits per heavy atom. The highest BCUT2D eigenvalue weighted by molar-refractivity contribution is 7.91. The molecule has 0 aliphatic carbocycles. The second-order valence-corrected chi connectivity index (χ2v) is 3.01. The van der Waals surface area contributed by atoms with E-state index in [4.69, 9.17) is 0 Å². The molecule has 1 atom stereocenters. The van der Waals surface area contributed by atoms with E-state index in [9.17, 15) is 9.35 Å². The summed E-state index contributed by atoms with van der Waals surface area (Å²) in [7, 11) is 0. The van der Waals surface area contributed by atoms with Gasteiger partial charge in [0.2, 0.25) is 5.94 Å². The van der Waals surface area contributed by atoms with Gasteiger partial charge in [-0.2, -0.15) is 0 Å². The first-order chi connectivity index (χ1) is 4.31. The minimum absolute atomic E-state index is 0.0165. The van der Waals surface area contributed by atoms with Gasteiger partial charge in [-0.15, -0.1) is 0 Å². The van der Waals surface area contributed by atoms with Gasteiger partial charge in [-0.05, 0) is 17.6 Å². The zero-order valence-electron chi connectivity index (χ0n) is 5.25. The van der Waals surface area contributed by atoms with E-state index in [0.717, 1.165) is 6.42 Å². The fourth-order valence-electron chi connectivity index (χ4n) is 0.376. The van der Waals surface area contributed by atoms with Gasteiger partial charge in [0.15, 0.2) is 0 Å². The maximum Gasteiger partial charge on any atom is 0.421 e. The SMILES string of the molecule is CCC[S+]([O-])CO[C]=O. The Bertz CT molecular complexity index is 76.6. The van der Waals surface area contributed by atoms with Crippen LogP contribution in [0.5, 0.6) is 0 Å². The lowest BCUT2D eigenvalue weighted by Gasteiger charge is -2.05. The molecule has 0 aromatic carbocycles. The van der Waals surface area contributed by atoms with Crippen molar-refractivity contribution in [3.05, 3.63) is 0 Å². The summed E-state index contributed by atoms with van der Waals surface area (Å²) >= 11 is -1.00. The van der Waals surface area contributed by atoms with Gasteiger partial charge in [-0.25, -0.2) is 4.79 Å². The summed E-state index contributed by atoms with van der Waals surface area (Å²) in [5.41, 5.74) is 0. The van der Waals surface area contributed by atoms with Crippen LogP contribution in [-0.2, 0) is 20.7 Å². The molecule has 0 aromatic rings.